The number of rotatable bonds is 7. The largest absolute Gasteiger partial charge is 0.478 e. The van der Waals surface area contributed by atoms with Crippen molar-refractivity contribution in [3.63, 3.8) is 0 Å². The molecule has 0 aliphatic heterocycles. The molecule has 1 rings (SSSR count). The Hall–Kier alpha value is -1.46. The number of aromatic carboxylic acids is 1. The number of nitrogens with one attached hydrogen (secondary N) is 1. The van der Waals surface area contributed by atoms with Crippen molar-refractivity contribution in [3.05, 3.63) is 35.1 Å². The van der Waals surface area contributed by atoms with Crippen LogP contribution in [0.25, 0.3) is 0 Å². The third-order valence-corrected chi connectivity index (χ3v) is 2.49. The molecule has 4 nitrogen and oxygen atoms in total. The van der Waals surface area contributed by atoms with E-state index in [9.17, 15) is 9.18 Å². The van der Waals surface area contributed by atoms with Gasteiger partial charge >= 0.3 is 5.97 Å². The van der Waals surface area contributed by atoms with Crippen LogP contribution >= 0.6 is 0 Å². The first-order valence-electron chi connectivity index (χ1n) is 5.87. The molecule has 1 aromatic carbocycles. The van der Waals surface area contributed by atoms with Gasteiger partial charge in [0.25, 0.3) is 0 Å². The molecule has 0 aliphatic rings. The molecular formula is C13H18FNO3. The number of carbonyl (C=O) groups is 1. The van der Waals surface area contributed by atoms with Crippen LogP contribution in [0.5, 0.6) is 0 Å². The summed E-state index contributed by atoms with van der Waals surface area (Å²) in [6.07, 6.45) is 0. The highest BCUT2D eigenvalue weighted by Gasteiger charge is 2.10. The highest BCUT2D eigenvalue weighted by Crippen LogP contribution is 2.10. The van der Waals surface area contributed by atoms with Crippen molar-refractivity contribution in [3.8, 4) is 0 Å². The van der Waals surface area contributed by atoms with Gasteiger partial charge in [-0.1, -0.05) is 6.07 Å². The summed E-state index contributed by atoms with van der Waals surface area (Å²) in [6, 6.07) is 4.28. The average Bonchev–Trinajstić information content (AvgIpc) is 2.33. The molecule has 0 fully saturated rings. The van der Waals surface area contributed by atoms with Gasteiger partial charge in [-0.25, -0.2) is 9.18 Å². The second kappa shape index (κ2) is 7.08. The first-order chi connectivity index (χ1) is 8.54. The van der Waals surface area contributed by atoms with Crippen molar-refractivity contribution in [2.45, 2.75) is 26.4 Å². The zero-order chi connectivity index (χ0) is 13.5. The second-order valence-electron chi connectivity index (χ2n) is 4.06. The molecule has 0 aromatic heterocycles. The van der Waals surface area contributed by atoms with Gasteiger partial charge in [-0.3, -0.25) is 0 Å². The van der Waals surface area contributed by atoms with E-state index in [0.29, 0.717) is 25.3 Å². The molecule has 0 radical (unpaired) electrons. The minimum absolute atomic E-state index is 0.159. The van der Waals surface area contributed by atoms with Crippen molar-refractivity contribution < 1.29 is 19.0 Å². The molecule has 0 saturated heterocycles. The van der Waals surface area contributed by atoms with Crippen LogP contribution < -0.4 is 5.32 Å². The number of carboxylic acids is 1. The molecule has 1 aromatic rings. The molecule has 0 amide bonds. The number of halogens is 1. The molecule has 0 saturated carbocycles. The Bertz CT molecular complexity index is 409. The van der Waals surface area contributed by atoms with Gasteiger partial charge in [-0.05, 0) is 31.5 Å². The number of benzene rings is 1. The third kappa shape index (κ3) is 4.43. The lowest BCUT2D eigenvalue weighted by Gasteiger charge is -2.13. The predicted octanol–water partition coefficient (Wildman–Crippen LogP) is 2.04. The van der Waals surface area contributed by atoms with Gasteiger partial charge in [0.05, 0.1) is 12.2 Å². The summed E-state index contributed by atoms with van der Waals surface area (Å²) in [5.41, 5.74) is 0.405. The average molecular weight is 255 g/mol. The normalized spacial score (nSPS) is 12.4. The highest BCUT2D eigenvalue weighted by molar-refractivity contribution is 5.87. The van der Waals surface area contributed by atoms with Crippen molar-refractivity contribution in [1.82, 2.24) is 5.32 Å². The Kier molecular flexibility index (Phi) is 5.74. The van der Waals surface area contributed by atoms with E-state index in [1.54, 1.807) is 6.07 Å². The Balaban J connectivity index is 2.53. The molecule has 1 unspecified atom stereocenters. The minimum Gasteiger partial charge on any atom is -0.478 e. The first-order valence-corrected chi connectivity index (χ1v) is 5.87. The van der Waals surface area contributed by atoms with Gasteiger partial charge in [0.15, 0.2) is 0 Å². The van der Waals surface area contributed by atoms with Gasteiger partial charge < -0.3 is 15.2 Å². The number of hydrogen-bond donors (Lipinski definition) is 2. The zero-order valence-electron chi connectivity index (χ0n) is 10.6. The smallest absolute Gasteiger partial charge is 0.338 e. The van der Waals surface area contributed by atoms with Crippen molar-refractivity contribution in [2.24, 2.45) is 0 Å². The third-order valence-electron chi connectivity index (χ3n) is 2.49. The molecule has 0 bridgehead atoms. The Morgan fingerprint density at radius 3 is 2.83 bits per heavy atom. The van der Waals surface area contributed by atoms with Gasteiger partial charge in [-0.2, -0.15) is 0 Å². The molecule has 5 heteroatoms. The fraction of sp³-hybridized carbons (Fsp3) is 0.462. The van der Waals surface area contributed by atoms with E-state index in [4.69, 9.17) is 9.84 Å². The summed E-state index contributed by atoms with van der Waals surface area (Å²) in [5, 5.41) is 11.9. The summed E-state index contributed by atoms with van der Waals surface area (Å²) in [7, 11) is 0. The van der Waals surface area contributed by atoms with Crippen LogP contribution in [0.15, 0.2) is 18.2 Å². The molecule has 0 heterocycles. The second-order valence-corrected chi connectivity index (χ2v) is 4.06. The molecule has 18 heavy (non-hydrogen) atoms. The van der Waals surface area contributed by atoms with E-state index in [-0.39, 0.29) is 11.6 Å². The maximum atomic E-state index is 13.4. The van der Waals surface area contributed by atoms with E-state index >= 15 is 0 Å². The summed E-state index contributed by atoms with van der Waals surface area (Å²) in [4.78, 5) is 10.6. The van der Waals surface area contributed by atoms with Crippen LogP contribution in [0.2, 0.25) is 0 Å². The molecular weight excluding hydrogens is 237 g/mol. The minimum atomic E-state index is -1.25. The van der Waals surface area contributed by atoms with Gasteiger partial charge in [0.1, 0.15) is 5.82 Å². The van der Waals surface area contributed by atoms with Crippen LogP contribution in [0.3, 0.4) is 0 Å². The van der Waals surface area contributed by atoms with Crippen molar-refractivity contribution >= 4 is 5.97 Å². The first kappa shape index (κ1) is 14.6. The lowest BCUT2D eigenvalue weighted by Crippen LogP contribution is -2.30. The molecule has 1 atom stereocenters. The van der Waals surface area contributed by atoms with E-state index in [1.165, 1.54) is 12.1 Å². The molecule has 2 N–H and O–H groups in total. The predicted molar refractivity (Wildman–Crippen MR) is 66.2 cm³/mol. The number of ether oxygens (including phenoxy) is 1. The summed E-state index contributed by atoms with van der Waals surface area (Å²) in [6.45, 7) is 5.62. The van der Waals surface area contributed by atoms with E-state index in [0.717, 1.165) is 0 Å². The Morgan fingerprint density at radius 2 is 2.28 bits per heavy atom. The molecule has 100 valence electrons. The number of carboxylic acid groups (broad SMARTS) is 1. The number of hydrogen-bond acceptors (Lipinski definition) is 3. The van der Waals surface area contributed by atoms with Crippen LogP contribution in [0.1, 0.15) is 29.8 Å². The summed E-state index contributed by atoms with van der Waals surface area (Å²) < 4.78 is 18.6. The highest BCUT2D eigenvalue weighted by atomic mass is 19.1. The molecule has 0 spiro atoms. The van der Waals surface area contributed by atoms with Crippen molar-refractivity contribution in [2.75, 3.05) is 13.2 Å². The maximum Gasteiger partial charge on any atom is 0.338 e. The molecule has 0 aliphatic carbocycles. The van der Waals surface area contributed by atoms with Gasteiger partial charge in [0, 0.05) is 19.2 Å². The van der Waals surface area contributed by atoms with Gasteiger partial charge in [0.2, 0.25) is 0 Å². The van der Waals surface area contributed by atoms with Crippen LogP contribution in [-0.2, 0) is 11.3 Å². The van der Waals surface area contributed by atoms with E-state index < -0.39 is 11.8 Å². The van der Waals surface area contributed by atoms with Crippen LogP contribution in [0, 0.1) is 5.82 Å². The zero-order valence-corrected chi connectivity index (χ0v) is 10.6. The van der Waals surface area contributed by atoms with Crippen LogP contribution in [0.4, 0.5) is 4.39 Å². The summed E-state index contributed by atoms with van der Waals surface area (Å²) >= 11 is 0. The Labute approximate surface area is 106 Å². The van der Waals surface area contributed by atoms with E-state index in [1.807, 2.05) is 13.8 Å². The topological polar surface area (TPSA) is 58.6 Å². The quantitative estimate of drug-likeness (QED) is 0.782. The fourth-order valence-corrected chi connectivity index (χ4v) is 1.49. The maximum absolute atomic E-state index is 13.4. The standard InChI is InChI=1S/C13H18FNO3/c1-3-18-8-9(2)15-7-10-4-5-11(13(16)17)12(14)6-10/h4-6,9,15H,3,7-8H2,1-2H3,(H,16,17). The van der Waals surface area contributed by atoms with Crippen LogP contribution in [-0.4, -0.2) is 30.3 Å². The monoisotopic (exact) mass is 255 g/mol. The van der Waals surface area contributed by atoms with E-state index in [2.05, 4.69) is 5.32 Å². The summed E-state index contributed by atoms with van der Waals surface area (Å²) in [5.74, 6) is -1.96. The fourth-order valence-electron chi connectivity index (χ4n) is 1.49. The SMILES string of the molecule is CCOCC(C)NCc1ccc(C(=O)O)c(F)c1. The van der Waals surface area contributed by atoms with Crippen molar-refractivity contribution in [1.29, 1.82) is 0 Å². The Morgan fingerprint density at radius 1 is 1.56 bits per heavy atom. The lowest BCUT2D eigenvalue weighted by atomic mass is 10.1. The van der Waals surface area contributed by atoms with Gasteiger partial charge in [-0.15, -0.1) is 0 Å². The lowest BCUT2D eigenvalue weighted by molar-refractivity contribution is 0.0692.